The van der Waals surface area contributed by atoms with E-state index >= 15 is 0 Å². The number of hydrogen-bond acceptors (Lipinski definition) is 3. The van der Waals surface area contributed by atoms with Gasteiger partial charge in [0.2, 0.25) is 0 Å². The monoisotopic (exact) mass is 275 g/mol. The van der Waals surface area contributed by atoms with Crippen LogP contribution in [0.4, 0.5) is 0 Å². The molecule has 0 radical (unpaired) electrons. The summed E-state index contributed by atoms with van der Waals surface area (Å²) in [6.07, 6.45) is 1.08. The number of nitrogens with zero attached hydrogens (tertiary/aromatic N) is 1. The van der Waals surface area contributed by atoms with E-state index in [0.717, 1.165) is 24.5 Å². The number of methoxy groups -OCH3 is 2. The Hall–Kier alpha value is -0.970. The van der Waals surface area contributed by atoms with Crippen LogP contribution in [0.2, 0.25) is 0 Å². The second-order valence-electron chi connectivity index (χ2n) is 4.31. The van der Waals surface area contributed by atoms with Crippen LogP contribution in [0, 0.1) is 0 Å². The van der Waals surface area contributed by atoms with Gasteiger partial charge in [-0.2, -0.15) is 0 Å². The van der Waals surface area contributed by atoms with Gasteiger partial charge in [0, 0.05) is 12.6 Å². The second kappa shape index (κ2) is 6.83. The Bertz CT molecular complexity index is 398. The molecule has 1 aliphatic heterocycles. The van der Waals surface area contributed by atoms with Gasteiger partial charge >= 0.3 is 0 Å². The molecule has 104 valence electrons. The molecule has 0 saturated carbocycles. The van der Waals surface area contributed by atoms with Crippen molar-refractivity contribution in [1.29, 1.82) is 0 Å². The lowest BCUT2D eigenvalue weighted by Gasteiger charge is -2.32. The van der Waals surface area contributed by atoms with Crippen LogP contribution in [-0.2, 0) is 6.42 Å². The van der Waals surface area contributed by atoms with Crippen molar-refractivity contribution in [2.75, 3.05) is 27.8 Å². The lowest BCUT2D eigenvalue weighted by atomic mass is 9.93. The van der Waals surface area contributed by atoms with Crippen molar-refractivity contribution in [2.24, 2.45) is 0 Å². The maximum Gasteiger partial charge on any atom is 0.161 e. The highest BCUT2D eigenvalue weighted by Gasteiger charge is 2.23. The molecule has 0 saturated heterocycles. The van der Waals surface area contributed by atoms with Crippen LogP contribution in [0.3, 0.4) is 0 Å². The summed E-state index contributed by atoms with van der Waals surface area (Å²) in [7, 11) is 5.52. The topological polar surface area (TPSA) is 53.2 Å². The Morgan fingerprint density at radius 1 is 1.17 bits per heavy atom. The van der Waals surface area contributed by atoms with Crippen LogP contribution in [-0.4, -0.2) is 38.2 Å². The number of ether oxygens (including phenoxy) is 2. The van der Waals surface area contributed by atoms with E-state index in [-0.39, 0.29) is 17.9 Å². The van der Waals surface area contributed by atoms with Gasteiger partial charge in [-0.05, 0) is 43.7 Å². The third-order valence-electron chi connectivity index (χ3n) is 3.49. The Morgan fingerprint density at radius 3 is 2.28 bits per heavy atom. The van der Waals surface area contributed by atoms with Crippen LogP contribution < -0.4 is 9.47 Å². The van der Waals surface area contributed by atoms with Crippen LogP contribution in [0.1, 0.15) is 24.1 Å². The maximum atomic E-state index is 5.34. The third kappa shape index (κ3) is 2.88. The van der Waals surface area contributed by atoms with Gasteiger partial charge < -0.3 is 14.9 Å². The minimum absolute atomic E-state index is 0. The van der Waals surface area contributed by atoms with E-state index in [9.17, 15) is 0 Å². The lowest BCUT2D eigenvalue weighted by molar-refractivity contribution is 0.245. The van der Waals surface area contributed by atoms with Crippen LogP contribution >= 0.6 is 12.4 Å². The smallest absolute Gasteiger partial charge is 0.161 e. The third-order valence-corrected chi connectivity index (χ3v) is 3.49. The molecular weight excluding hydrogens is 254 g/mol. The number of hydrogen-bond donors (Lipinski definition) is 0. The summed E-state index contributed by atoms with van der Waals surface area (Å²) in [6, 6.07) is 4.66. The van der Waals surface area contributed by atoms with Gasteiger partial charge in [-0.15, -0.1) is 12.4 Å². The van der Waals surface area contributed by atoms with Crippen LogP contribution in [0.5, 0.6) is 11.5 Å². The molecule has 1 aromatic rings. The maximum absolute atomic E-state index is 5.34. The zero-order valence-corrected chi connectivity index (χ0v) is 12.1. The fourth-order valence-corrected chi connectivity index (χ4v) is 2.27. The number of rotatable bonds is 2. The van der Waals surface area contributed by atoms with Gasteiger partial charge in [0.25, 0.3) is 0 Å². The summed E-state index contributed by atoms with van der Waals surface area (Å²) in [5, 5.41) is 0. The first-order valence-corrected chi connectivity index (χ1v) is 5.62. The Balaban J connectivity index is 0.00000144. The van der Waals surface area contributed by atoms with E-state index < -0.39 is 0 Å². The van der Waals surface area contributed by atoms with E-state index in [1.807, 2.05) is 0 Å². The van der Waals surface area contributed by atoms with Crippen molar-refractivity contribution < 1.29 is 14.9 Å². The summed E-state index contributed by atoms with van der Waals surface area (Å²) >= 11 is 0. The molecule has 18 heavy (non-hydrogen) atoms. The number of likely N-dealkylation sites (N-methyl/N-ethyl adjacent to an activating group) is 1. The fraction of sp³-hybridized carbons (Fsp3) is 0.538. The van der Waals surface area contributed by atoms with Crippen molar-refractivity contribution >= 4 is 12.4 Å². The quantitative estimate of drug-likeness (QED) is 0.828. The highest BCUT2D eigenvalue weighted by molar-refractivity contribution is 5.85. The Labute approximate surface area is 115 Å². The van der Waals surface area contributed by atoms with Crippen molar-refractivity contribution in [3.8, 4) is 11.5 Å². The summed E-state index contributed by atoms with van der Waals surface area (Å²) in [4.78, 5) is 2.36. The first-order chi connectivity index (χ1) is 7.67. The molecule has 0 aromatic heterocycles. The molecule has 0 aliphatic carbocycles. The first kappa shape index (κ1) is 17.0. The Kier molecular flexibility index (Phi) is 6.46. The average Bonchev–Trinajstić information content (AvgIpc) is 2.32. The lowest BCUT2D eigenvalue weighted by Crippen LogP contribution is -2.30. The van der Waals surface area contributed by atoms with Gasteiger partial charge in [-0.3, -0.25) is 4.90 Å². The molecule has 0 fully saturated rings. The minimum Gasteiger partial charge on any atom is -0.493 e. The van der Waals surface area contributed by atoms with Gasteiger partial charge in [-0.25, -0.2) is 0 Å². The SMILES string of the molecule is COc1cc2c(cc1OC)C(C)N(C)CC2.Cl.O. The van der Waals surface area contributed by atoms with Crippen LogP contribution in [0.25, 0.3) is 0 Å². The first-order valence-electron chi connectivity index (χ1n) is 5.62. The molecule has 1 unspecified atom stereocenters. The van der Waals surface area contributed by atoms with Crippen molar-refractivity contribution in [3.05, 3.63) is 23.3 Å². The van der Waals surface area contributed by atoms with Gasteiger partial charge in [-0.1, -0.05) is 0 Å². The predicted molar refractivity (Wildman–Crippen MR) is 75.2 cm³/mol. The number of benzene rings is 1. The van der Waals surface area contributed by atoms with E-state index in [0.29, 0.717) is 6.04 Å². The molecule has 2 N–H and O–H groups in total. The zero-order valence-electron chi connectivity index (χ0n) is 11.3. The van der Waals surface area contributed by atoms with Crippen molar-refractivity contribution in [2.45, 2.75) is 19.4 Å². The largest absolute Gasteiger partial charge is 0.493 e. The van der Waals surface area contributed by atoms with Crippen molar-refractivity contribution in [1.82, 2.24) is 4.90 Å². The molecular formula is C13H22ClNO3. The summed E-state index contributed by atoms with van der Waals surface area (Å²) in [5.41, 5.74) is 2.73. The summed E-state index contributed by atoms with van der Waals surface area (Å²) in [6.45, 7) is 3.33. The molecule has 5 heteroatoms. The van der Waals surface area contributed by atoms with Gasteiger partial charge in [0.05, 0.1) is 14.2 Å². The average molecular weight is 276 g/mol. The molecule has 0 bridgehead atoms. The summed E-state index contributed by atoms with van der Waals surface area (Å²) < 4.78 is 10.7. The van der Waals surface area contributed by atoms with Crippen molar-refractivity contribution in [3.63, 3.8) is 0 Å². The molecule has 0 spiro atoms. The Morgan fingerprint density at radius 2 is 1.72 bits per heavy atom. The highest BCUT2D eigenvalue weighted by atomic mass is 35.5. The minimum atomic E-state index is 0. The molecule has 1 aliphatic rings. The highest BCUT2D eigenvalue weighted by Crippen LogP contribution is 2.37. The number of halogens is 1. The van der Waals surface area contributed by atoms with E-state index in [1.54, 1.807) is 14.2 Å². The van der Waals surface area contributed by atoms with E-state index in [2.05, 4.69) is 31.0 Å². The summed E-state index contributed by atoms with van der Waals surface area (Å²) in [5.74, 6) is 1.65. The zero-order chi connectivity index (χ0) is 11.7. The predicted octanol–water partition coefficient (Wildman–Crippen LogP) is 1.85. The molecule has 1 aromatic carbocycles. The molecule has 1 atom stereocenters. The standard InChI is InChI=1S/C13H19NO2.ClH.H2O/c1-9-11-8-13(16-4)12(15-3)7-10(11)5-6-14(9)2;;/h7-9H,5-6H2,1-4H3;1H;1H2. The molecule has 1 heterocycles. The van der Waals surface area contributed by atoms with Gasteiger partial charge in [0.1, 0.15) is 0 Å². The second-order valence-corrected chi connectivity index (χ2v) is 4.31. The molecule has 4 nitrogen and oxygen atoms in total. The fourth-order valence-electron chi connectivity index (χ4n) is 2.27. The van der Waals surface area contributed by atoms with Crippen LogP contribution in [0.15, 0.2) is 12.1 Å². The number of fused-ring (bicyclic) bond motifs is 1. The molecule has 0 amide bonds. The van der Waals surface area contributed by atoms with E-state index in [4.69, 9.17) is 9.47 Å². The van der Waals surface area contributed by atoms with Gasteiger partial charge in [0.15, 0.2) is 11.5 Å². The normalized spacial score (nSPS) is 18.1. The van der Waals surface area contributed by atoms with E-state index in [1.165, 1.54) is 11.1 Å². The molecule has 2 rings (SSSR count).